The molecule has 0 radical (unpaired) electrons. The summed E-state index contributed by atoms with van der Waals surface area (Å²) < 4.78 is 3.52. The van der Waals surface area contributed by atoms with Gasteiger partial charge in [0, 0.05) is 17.5 Å². The standard InChI is InChI=1S/C8H7Cl3N2S/c1-14-8(13-11)12-5-2-3-6(9)7(10)4-5/h2-4H,1H3,(H,12,13). The molecule has 0 bridgehead atoms. The summed E-state index contributed by atoms with van der Waals surface area (Å²) in [5.74, 6) is 0. The molecule has 0 atom stereocenters. The number of hydrogen-bond acceptors (Lipinski definition) is 2. The molecule has 0 heterocycles. The number of nitrogens with zero attached hydrogens (tertiary/aromatic N) is 1. The van der Waals surface area contributed by atoms with Gasteiger partial charge in [-0.05, 0) is 24.5 Å². The van der Waals surface area contributed by atoms with Crippen molar-refractivity contribution in [3.8, 4) is 0 Å². The zero-order valence-electron chi connectivity index (χ0n) is 7.22. The van der Waals surface area contributed by atoms with Gasteiger partial charge >= 0.3 is 0 Å². The van der Waals surface area contributed by atoms with Gasteiger partial charge in [-0.2, -0.15) is 4.51 Å². The topological polar surface area (TPSA) is 24.4 Å². The van der Waals surface area contributed by atoms with Crippen molar-refractivity contribution < 1.29 is 0 Å². The summed E-state index contributed by atoms with van der Waals surface area (Å²) in [5, 5.41) is 4.60. The van der Waals surface area contributed by atoms with E-state index in [9.17, 15) is 0 Å². The summed E-state index contributed by atoms with van der Waals surface area (Å²) in [6.45, 7) is 0. The van der Waals surface area contributed by atoms with Crippen LogP contribution in [-0.2, 0) is 0 Å². The van der Waals surface area contributed by atoms with Crippen molar-refractivity contribution in [2.75, 3.05) is 11.6 Å². The third-order valence-electron chi connectivity index (χ3n) is 1.44. The average Bonchev–Trinajstić information content (AvgIpc) is 2.19. The van der Waals surface area contributed by atoms with E-state index in [2.05, 4.69) is 9.83 Å². The molecule has 0 aliphatic carbocycles. The van der Waals surface area contributed by atoms with Gasteiger partial charge in [-0.3, -0.25) is 0 Å². The van der Waals surface area contributed by atoms with Crippen LogP contribution in [0.2, 0.25) is 10.0 Å². The Morgan fingerprint density at radius 1 is 1.36 bits per heavy atom. The van der Waals surface area contributed by atoms with Crippen LogP contribution in [0, 0.1) is 0 Å². The Morgan fingerprint density at radius 3 is 2.57 bits per heavy atom. The number of rotatable bonds is 1. The number of nitrogens with one attached hydrogen (secondary N) is 1. The van der Waals surface area contributed by atoms with Gasteiger partial charge < -0.3 is 5.32 Å². The van der Waals surface area contributed by atoms with Crippen molar-refractivity contribution in [3.63, 3.8) is 0 Å². The van der Waals surface area contributed by atoms with Crippen LogP contribution in [0.3, 0.4) is 0 Å². The van der Waals surface area contributed by atoms with E-state index in [1.165, 1.54) is 11.8 Å². The number of anilines is 1. The third kappa shape index (κ3) is 3.24. The van der Waals surface area contributed by atoms with Crippen LogP contribution >= 0.6 is 46.7 Å². The maximum Gasteiger partial charge on any atom is 0.179 e. The first-order valence-electron chi connectivity index (χ1n) is 3.62. The first-order valence-corrected chi connectivity index (χ1v) is 5.94. The molecule has 0 saturated carbocycles. The van der Waals surface area contributed by atoms with Crippen molar-refractivity contribution in [2.45, 2.75) is 0 Å². The number of halogens is 3. The summed E-state index contributed by atoms with van der Waals surface area (Å²) in [7, 11) is 0. The number of hydrogen-bond donors (Lipinski definition) is 1. The molecule has 6 heteroatoms. The van der Waals surface area contributed by atoms with E-state index in [0.29, 0.717) is 15.2 Å². The molecule has 0 saturated heterocycles. The molecule has 2 nitrogen and oxygen atoms in total. The normalized spacial score (nSPS) is 11.6. The van der Waals surface area contributed by atoms with Gasteiger partial charge in [0.05, 0.1) is 10.0 Å². The number of thioether (sulfide) groups is 1. The molecule has 0 aliphatic rings. The highest BCUT2D eigenvalue weighted by atomic mass is 35.5. The summed E-state index contributed by atoms with van der Waals surface area (Å²) in [5.41, 5.74) is 0.799. The molecule has 0 fully saturated rings. The van der Waals surface area contributed by atoms with E-state index < -0.39 is 0 Å². The maximum absolute atomic E-state index is 5.83. The monoisotopic (exact) mass is 268 g/mol. The lowest BCUT2D eigenvalue weighted by atomic mass is 10.3. The van der Waals surface area contributed by atoms with Gasteiger partial charge in [0.2, 0.25) is 0 Å². The van der Waals surface area contributed by atoms with Gasteiger partial charge in [0.1, 0.15) is 0 Å². The SMILES string of the molecule is CS/C(=N\Cl)Nc1ccc(Cl)c(Cl)c1. The fourth-order valence-electron chi connectivity index (χ4n) is 0.804. The molecule has 0 spiro atoms. The van der Waals surface area contributed by atoms with Gasteiger partial charge in [0.15, 0.2) is 5.17 Å². The molecule has 14 heavy (non-hydrogen) atoms. The van der Waals surface area contributed by atoms with Crippen LogP contribution < -0.4 is 5.32 Å². The molecule has 0 aliphatic heterocycles. The minimum absolute atomic E-state index is 0.492. The predicted octanol–water partition coefficient (Wildman–Crippen LogP) is 4.28. The molecule has 0 aromatic heterocycles. The van der Waals surface area contributed by atoms with E-state index >= 15 is 0 Å². The van der Waals surface area contributed by atoms with Crippen molar-refractivity contribution in [1.82, 2.24) is 0 Å². The number of amidine groups is 1. The van der Waals surface area contributed by atoms with Crippen molar-refractivity contribution >= 4 is 57.6 Å². The lowest BCUT2D eigenvalue weighted by Crippen LogP contribution is -2.05. The Labute approximate surface area is 102 Å². The molecular formula is C8H7Cl3N2S. The van der Waals surface area contributed by atoms with Crippen LogP contribution in [-0.4, -0.2) is 11.4 Å². The average molecular weight is 270 g/mol. The lowest BCUT2D eigenvalue weighted by Gasteiger charge is -2.06. The van der Waals surface area contributed by atoms with Crippen LogP contribution in [0.25, 0.3) is 0 Å². The first kappa shape index (κ1) is 12.0. The Kier molecular flexibility index (Phi) is 4.89. The van der Waals surface area contributed by atoms with E-state index in [1.807, 2.05) is 6.26 Å². The predicted molar refractivity (Wildman–Crippen MR) is 66.9 cm³/mol. The second kappa shape index (κ2) is 5.71. The van der Waals surface area contributed by atoms with E-state index in [1.54, 1.807) is 18.2 Å². The van der Waals surface area contributed by atoms with Crippen LogP contribution in [0.4, 0.5) is 5.69 Å². The highest BCUT2D eigenvalue weighted by Crippen LogP contribution is 2.25. The zero-order valence-corrected chi connectivity index (χ0v) is 10.3. The lowest BCUT2D eigenvalue weighted by molar-refractivity contribution is 1.64. The molecular weight excluding hydrogens is 263 g/mol. The smallest absolute Gasteiger partial charge is 0.179 e. The second-order valence-corrected chi connectivity index (χ2v) is 4.13. The Hall–Kier alpha value is -0.0900. The van der Waals surface area contributed by atoms with E-state index in [-0.39, 0.29) is 0 Å². The molecule has 0 unspecified atom stereocenters. The summed E-state index contributed by atoms with van der Waals surface area (Å²) >= 11 is 18.3. The third-order valence-corrected chi connectivity index (χ3v) is 3.03. The summed E-state index contributed by atoms with van der Waals surface area (Å²) in [4.78, 5) is 0. The fraction of sp³-hybridized carbons (Fsp3) is 0.125. The minimum atomic E-state index is 0.492. The highest BCUT2D eigenvalue weighted by Gasteiger charge is 2.01. The maximum atomic E-state index is 5.83. The van der Waals surface area contributed by atoms with Crippen LogP contribution in [0.15, 0.2) is 22.7 Å². The second-order valence-electron chi connectivity index (χ2n) is 2.35. The fourth-order valence-corrected chi connectivity index (χ4v) is 1.64. The van der Waals surface area contributed by atoms with Crippen molar-refractivity contribution in [1.29, 1.82) is 0 Å². The first-order chi connectivity index (χ1) is 6.67. The minimum Gasteiger partial charge on any atom is -0.334 e. The molecule has 1 rings (SSSR count). The zero-order chi connectivity index (χ0) is 10.6. The highest BCUT2D eigenvalue weighted by molar-refractivity contribution is 8.13. The quantitative estimate of drug-likeness (QED) is 0.608. The van der Waals surface area contributed by atoms with Gasteiger partial charge in [-0.15, -0.1) is 0 Å². The van der Waals surface area contributed by atoms with E-state index in [0.717, 1.165) is 5.69 Å². The molecule has 76 valence electrons. The summed E-state index contributed by atoms with van der Waals surface area (Å²) in [6.07, 6.45) is 1.87. The largest absolute Gasteiger partial charge is 0.334 e. The van der Waals surface area contributed by atoms with Gasteiger partial charge in [0.25, 0.3) is 0 Å². The molecule has 0 amide bonds. The molecule has 1 aromatic rings. The Balaban J connectivity index is 2.82. The van der Waals surface area contributed by atoms with Gasteiger partial charge in [-0.25, -0.2) is 0 Å². The van der Waals surface area contributed by atoms with Crippen molar-refractivity contribution in [3.05, 3.63) is 28.2 Å². The van der Waals surface area contributed by atoms with Crippen molar-refractivity contribution in [2.24, 2.45) is 4.51 Å². The van der Waals surface area contributed by atoms with Crippen LogP contribution in [0.5, 0.6) is 0 Å². The van der Waals surface area contributed by atoms with Gasteiger partial charge in [-0.1, -0.05) is 35.0 Å². The van der Waals surface area contributed by atoms with E-state index in [4.69, 9.17) is 35.0 Å². The Bertz CT molecular complexity index is 354. The summed E-state index contributed by atoms with van der Waals surface area (Å²) in [6, 6.07) is 5.22. The Morgan fingerprint density at radius 2 is 2.07 bits per heavy atom. The molecule has 1 N–H and O–H groups in total. The number of benzene rings is 1. The van der Waals surface area contributed by atoms with Crippen LogP contribution in [0.1, 0.15) is 0 Å². The molecule has 1 aromatic carbocycles.